The Morgan fingerprint density at radius 2 is 1.86 bits per heavy atom. The van der Waals surface area contributed by atoms with Gasteiger partial charge in [0.1, 0.15) is 0 Å². The summed E-state index contributed by atoms with van der Waals surface area (Å²) in [6.07, 6.45) is 0.746. The van der Waals surface area contributed by atoms with Crippen LogP contribution < -0.4 is 5.32 Å². The van der Waals surface area contributed by atoms with Gasteiger partial charge in [0.05, 0.1) is 11.5 Å². The summed E-state index contributed by atoms with van der Waals surface area (Å²) in [6.45, 7) is 2.11. The molecule has 21 heavy (non-hydrogen) atoms. The van der Waals surface area contributed by atoms with E-state index in [1.165, 1.54) is 21.9 Å². The zero-order chi connectivity index (χ0) is 15.0. The van der Waals surface area contributed by atoms with Gasteiger partial charge in [0.15, 0.2) is 9.84 Å². The Labute approximate surface area is 126 Å². The van der Waals surface area contributed by atoms with Crippen molar-refractivity contribution in [2.24, 2.45) is 5.92 Å². The lowest BCUT2D eigenvalue weighted by atomic mass is 9.88. The topological polar surface area (TPSA) is 46.2 Å². The third kappa shape index (κ3) is 2.70. The lowest BCUT2D eigenvalue weighted by molar-refractivity contribution is 0.421. The molecule has 0 amide bonds. The summed E-state index contributed by atoms with van der Waals surface area (Å²) in [5.41, 5.74) is 2.46. The van der Waals surface area contributed by atoms with Crippen molar-refractivity contribution in [1.29, 1.82) is 0 Å². The zero-order valence-electron chi connectivity index (χ0n) is 12.5. The van der Waals surface area contributed by atoms with Gasteiger partial charge in [0.2, 0.25) is 0 Å². The zero-order valence-corrected chi connectivity index (χ0v) is 13.3. The third-order valence-corrected chi connectivity index (χ3v) is 6.35. The van der Waals surface area contributed by atoms with E-state index in [0.717, 1.165) is 6.42 Å². The van der Waals surface area contributed by atoms with Gasteiger partial charge in [-0.3, -0.25) is 0 Å². The van der Waals surface area contributed by atoms with Crippen LogP contribution in [0.2, 0.25) is 0 Å². The first-order chi connectivity index (χ1) is 10.0. The normalized spacial score (nSPS) is 22.5. The molecular weight excluding hydrogens is 282 g/mol. The molecule has 1 N–H and O–H groups in total. The van der Waals surface area contributed by atoms with Gasteiger partial charge in [-0.2, -0.15) is 0 Å². The second kappa shape index (κ2) is 5.43. The molecule has 0 saturated carbocycles. The van der Waals surface area contributed by atoms with E-state index < -0.39 is 9.84 Å². The van der Waals surface area contributed by atoms with Crippen LogP contribution in [0.5, 0.6) is 0 Å². The average molecular weight is 303 g/mol. The number of aryl methyl sites for hydroxylation is 1. The van der Waals surface area contributed by atoms with Crippen LogP contribution in [0.1, 0.15) is 23.6 Å². The molecule has 1 fully saturated rings. The Bertz CT molecular complexity index is 767. The largest absolute Gasteiger partial charge is 0.313 e. The summed E-state index contributed by atoms with van der Waals surface area (Å²) in [4.78, 5) is 0. The lowest BCUT2D eigenvalue weighted by Gasteiger charge is -2.24. The highest BCUT2D eigenvalue weighted by Gasteiger charge is 2.34. The molecule has 1 aliphatic rings. The van der Waals surface area contributed by atoms with E-state index in [1.54, 1.807) is 0 Å². The van der Waals surface area contributed by atoms with Crippen LogP contribution in [0, 0.1) is 12.8 Å². The fourth-order valence-electron chi connectivity index (χ4n) is 3.48. The van der Waals surface area contributed by atoms with E-state index in [2.05, 4.69) is 36.5 Å². The highest BCUT2D eigenvalue weighted by molar-refractivity contribution is 7.91. The van der Waals surface area contributed by atoms with Gasteiger partial charge in [-0.05, 0) is 48.2 Å². The van der Waals surface area contributed by atoms with E-state index >= 15 is 0 Å². The summed E-state index contributed by atoms with van der Waals surface area (Å²) in [5, 5.41) is 5.81. The van der Waals surface area contributed by atoms with Crippen molar-refractivity contribution in [3.63, 3.8) is 0 Å². The standard InChI is InChI=1S/C17H21NO2S/c1-12-7-8-16(15-6-4-3-5-14(12)15)17(18-2)13-9-10-21(19,20)11-13/h3-8,13,17-18H,9-11H2,1-2H3. The number of benzene rings is 2. The number of nitrogens with one attached hydrogen (secondary N) is 1. The van der Waals surface area contributed by atoms with E-state index in [0.29, 0.717) is 11.5 Å². The van der Waals surface area contributed by atoms with Crippen LogP contribution in [0.4, 0.5) is 0 Å². The van der Waals surface area contributed by atoms with Crippen molar-refractivity contribution >= 4 is 20.6 Å². The van der Waals surface area contributed by atoms with Crippen LogP contribution in [0.15, 0.2) is 36.4 Å². The number of hydrogen-bond donors (Lipinski definition) is 1. The number of rotatable bonds is 3. The molecule has 1 saturated heterocycles. The molecule has 3 nitrogen and oxygen atoms in total. The van der Waals surface area contributed by atoms with Crippen molar-refractivity contribution in [2.45, 2.75) is 19.4 Å². The Morgan fingerprint density at radius 1 is 1.14 bits per heavy atom. The molecule has 1 heterocycles. The van der Waals surface area contributed by atoms with Gasteiger partial charge < -0.3 is 5.32 Å². The SMILES string of the molecule is CNC(c1ccc(C)c2ccccc12)C1CCS(=O)(=O)C1. The summed E-state index contributed by atoms with van der Waals surface area (Å²) in [6, 6.07) is 12.7. The Balaban J connectivity index is 2.08. The van der Waals surface area contributed by atoms with E-state index in [9.17, 15) is 8.42 Å². The summed E-state index contributed by atoms with van der Waals surface area (Å²) in [7, 11) is -0.939. The van der Waals surface area contributed by atoms with E-state index in [4.69, 9.17) is 0 Å². The van der Waals surface area contributed by atoms with Crippen molar-refractivity contribution in [2.75, 3.05) is 18.6 Å². The van der Waals surface area contributed by atoms with Gasteiger partial charge in [0.25, 0.3) is 0 Å². The van der Waals surface area contributed by atoms with Crippen molar-refractivity contribution in [3.8, 4) is 0 Å². The highest BCUT2D eigenvalue weighted by Crippen LogP contribution is 2.35. The van der Waals surface area contributed by atoms with Crippen LogP contribution in [-0.2, 0) is 9.84 Å². The monoisotopic (exact) mass is 303 g/mol. The average Bonchev–Trinajstić information content (AvgIpc) is 2.82. The second-order valence-electron chi connectivity index (χ2n) is 5.95. The van der Waals surface area contributed by atoms with Gasteiger partial charge in [-0.25, -0.2) is 8.42 Å². The molecule has 2 aromatic carbocycles. The van der Waals surface area contributed by atoms with Gasteiger partial charge in [-0.1, -0.05) is 36.4 Å². The number of hydrogen-bond acceptors (Lipinski definition) is 3. The predicted octanol–water partition coefficient (Wildman–Crippen LogP) is 2.84. The molecule has 4 heteroatoms. The molecule has 2 unspecified atom stereocenters. The second-order valence-corrected chi connectivity index (χ2v) is 8.18. The smallest absolute Gasteiger partial charge is 0.150 e. The van der Waals surface area contributed by atoms with Crippen LogP contribution in [-0.4, -0.2) is 27.0 Å². The fourth-order valence-corrected chi connectivity index (χ4v) is 5.32. The number of fused-ring (bicyclic) bond motifs is 1. The minimum absolute atomic E-state index is 0.0905. The van der Waals surface area contributed by atoms with E-state index in [-0.39, 0.29) is 12.0 Å². The first-order valence-corrected chi connectivity index (χ1v) is 9.20. The molecule has 0 aromatic heterocycles. The first-order valence-electron chi connectivity index (χ1n) is 7.38. The number of sulfone groups is 1. The van der Waals surface area contributed by atoms with Crippen molar-refractivity contribution in [1.82, 2.24) is 5.32 Å². The molecule has 0 aliphatic carbocycles. The lowest BCUT2D eigenvalue weighted by Crippen LogP contribution is -2.26. The Hall–Kier alpha value is -1.39. The molecule has 2 atom stereocenters. The maximum absolute atomic E-state index is 11.8. The van der Waals surface area contributed by atoms with Gasteiger partial charge >= 0.3 is 0 Å². The van der Waals surface area contributed by atoms with E-state index in [1.807, 2.05) is 19.2 Å². The van der Waals surface area contributed by atoms with Crippen LogP contribution >= 0.6 is 0 Å². The summed E-state index contributed by atoms with van der Waals surface area (Å²) >= 11 is 0. The summed E-state index contributed by atoms with van der Waals surface area (Å²) in [5.74, 6) is 0.770. The molecule has 112 valence electrons. The maximum Gasteiger partial charge on any atom is 0.150 e. The van der Waals surface area contributed by atoms with Crippen molar-refractivity contribution in [3.05, 3.63) is 47.5 Å². The minimum Gasteiger partial charge on any atom is -0.313 e. The predicted molar refractivity (Wildman–Crippen MR) is 87.2 cm³/mol. The highest BCUT2D eigenvalue weighted by atomic mass is 32.2. The Morgan fingerprint density at radius 3 is 2.48 bits per heavy atom. The molecule has 0 spiro atoms. The van der Waals surface area contributed by atoms with Crippen molar-refractivity contribution < 1.29 is 8.42 Å². The molecule has 0 radical (unpaired) electrons. The molecular formula is C17H21NO2S. The van der Waals surface area contributed by atoms with Gasteiger partial charge in [-0.15, -0.1) is 0 Å². The third-order valence-electron chi connectivity index (χ3n) is 4.56. The Kier molecular flexibility index (Phi) is 3.76. The van der Waals surface area contributed by atoms with Crippen LogP contribution in [0.3, 0.4) is 0 Å². The van der Waals surface area contributed by atoms with Crippen LogP contribution in [0.25, 0.3) is 10.8 Å². The molecule has 1 aliphatic heterocycles. The van der Waals surface area contributed by atoms with Gasteiger partial charge in [0, 0.05) is 6.04 Å². The fraction of sp³-hybridized carbons (Fsp3) is 0.412. The minimum atomic E-state index is -2.86. The molecule has 3 rings (SSSR count). The first kappa shape index (κ1) is 14.5. The summed E-state index contributed by atoms with van der Waals surface area (Å²) < 4.78 is 23.6. The molecule has 2 aromatic rings. The molecule has 0 bridgehead atoms. The maximum atomic E-state index is 11.8. The quantitative estimate of drug-likeness (QED) is 0.948.